The molecule has 1 heterocycles. The molecule has 15 heteroatoms. The maximum atomic E-state index is 13.8. The summed E-state index contributed by atoms with van der Waals surface area (Å²) >= 11 is 0. The predicted molar refractivity (Wildman–Crippen MR) is 136 cm³/mol. The van der Waals surface area contributed by atoms with E-state index in [-0.39, 0.29) is 30.2 Å². The third-order valence-electron chi connectivity index (χ3n) is 6.68. The first kappa shape index (κ1) is 33.8. The van der Waals surface area contributed by atoms with Crippen LogP contribution in [0.25, 0.3) is 0 Å². The van der Waals surface area contributed by atoms with E-state index in [9.17, 15) is 49.1 Å². The maximum Gasteiger partial charge on any atom is 0.416 e. The van der Waals surface area contributed by atoms with E-state index in [1.165, 1.54) is 0 Å². The van der Waals surface area contributed by atoms with Crippen LogP contribution in [0.1, 0.15) is 74.4 Å². The lowest BCUT2D eigenvalue weighted by Gasteiger charge is -2.44. The van der Waals surface area contributed by atoms with Gasteiger partial charge in [0.25, 0.3) is 0 Å². The monoisotopic (exact) mass is 628 g/mol. The van der Waals surface area contributed by atoms with Crippen LogP contribution in [-0.4, -0.2) is 35.8 Å². The predicted octanol–water partition coefficient (Wildman–Crippen LogP) is 8.98. The number of anilines is 1. The number of alkyl halides is 9. The molecule has 0 unspecified atom stereocenters. The Hall–Kier alpha value is -3.65. The van der Waals surface area contributed by atoms with Crippen molar-refractivity contribution in [3.8, 4) is 0 Å². The largest absolute Gasteiger partial charge is 0.453 e. The first-order valence-electron chi connectivity index (χ1n) is 12.9. The van der Waals surface area contributed by atoms with E-state index in [1.54, 1.807) is 27.7 Å². The molecule has 238 valence electrons. The van der Waals surface area contributed by atoms with Gasteiger partial charge in [-0.1, -0.05) is 6.92 Å². The zero-order valence-electron chi connectivity index (χ0n) is 23.7. The standard InChI is InChI=1S/C28H29F9N2O4/c1-6-19-13-22(20-12-16(26(29,30)31)7-8-21(20)39(19)24(41)43-25(2,3)4)38(23(40)42-5)14-15-9-17(27(32,33)34)11-18(10-15)28(35,36)37/h7-12,19,22H,6,13-14H2,1-5H3/t19-,22+/m1/s1. The highest BCUT2D eigenvalue weighted by Crippen LogP contribution is 2.46. The molecule has 0 fully saturated rings. The molecule has 2 atom stereocenters. The lowest BCUT2D eigenvalue weighted by atomic mass is 9.87. The Kier molecular flexibility index (Phi) is 9.28. The topological polar surface area (TPSA) is 59.1 Å². The van der Waals surface area contributed by atoms with Crippen molar-refractivity contribution in [1.82, 2.24) is 4.90 Å². The van der Waals surface area contributed by atoms with E-state index < -0.39 is 77.2 Å². The molecular formula is C28H29F9N2O4. The second-order valence-electron chi connectivity index (χ2n) is 10.9. The van der Waals surface area contributed by atoms with Gasteiger partial charge in [0, 0.05) is 12.6 Å². The Balaban J connectivity index is 2.24. The van der Waals surface area contributed by atoms with Crippen LogP contribution >= 0.6 is 0 Å². The minimum Gasteiger partial charge on any atom is -0.453 e. The second kappa shape index (κ2) is 11.8. The Morgan fingerprint density at radius 3 is 1.84 bits per heavy atom. The SMILES string of the molecule is CC[C@@H]1C[C@H](N(Cc2cc(C(F)(F)F)cc(C(F)(F)F)c2)C(=O)OC)c2cc(C(F)(F)F)ccc2N1C(=O)OC(C)(C)C. The molecule has 0 spiro atoms. The zero-order valence-corrected chi connectivity index (χ0v) is 23.7. The number of rotatable bonds is 4. The Bertz CT molecular complexity index is 1320. The van der Waals surface area contributed by atoms with Crippen molar-refractivity contribution in [2.24, 2.45) is 0 Å². The van der Waals surface area contributed by atoms with Gasteiger partial charge in [-0.25, -0.2) is 9.59 Å². The van der Waals surface area contributed by atoms with E-state index >= 15 is 0 Å². The molecule has 0 aliphatic carbocycles. The summed E-state index contributed by atoms with van der Waals surface area (Å²) in [5.74, 6) is 0. The molecule has 1 aliphatic heterocycles. The Morgan fingerprint density at radius 1 is 0.860 bits per heavy atom. The van der Waals surface area contributed by atoms with Crippen molar-refractivity contribution in [2.75, 3.05) is 12.0 Å². The van der Waals surface area contributed by atoms with Gasteiger partial charge < -0.3 is 9.47 Å². The molecule has 0 saturated heterocycles. The highest BCUT2D eigenvalue weighted by atomic mass is 19.4. The van der Waals surface area contributed by atoms with E-state index in [2.05, 4.69) is 0 Å². The number of methoxy groups -OCH3 is 1. The van der Waals surface area contributed by atoms with Gasteiger partial charge in [0.2, 0.25) is 0 Å². The molecule has 2 aromatic rings. The average molecular weight is 629 g/mol. The molecule has 43 heavy (non-hydrogen) atoms. The molecule has 0 N–H and O–H groups in total. The fourth-order valence-corrected chi connectivity index (χ4v) is 4.83. The molecule has 0 aromatic heterocycles. The number of benzene rings is 2. The second-order valence-corrected chi connectivity index (χ2v) is 10.9. The average Bonchev–Trinajstić information content (AvgIpc) is 2.87. The normalized spacial score (nSPS) is 17.8. The first-order valence-corrected chi connectivity index (χ1v) is 12.9. The summed E-state index contributed by atoms with van der Waals surface area (Å²) in [7, 11) is 0.906. The van der Waals surface area contributed by atoms with E-state index in [0.29, 0.717) is 18.2 Å². The summed E-state index contributed by atoms with van der Waals surface area (Å²) in [5.41, 5.74) is -6.29. The van der Waals surface area contributed by atoms with Crippen molar-refractivity contribution in [1.29, 1.82) is 0 Å². The lowest BCUT2D eigenvalue weighted by Crippen LogP contribution is -2.50. The van der Waals surface area contributed by atoms with Crippen molar-refractivity contribution in [2.45, 2.75) is 83.3 Å². The molecule has 0 saturated carbocycles. The van der Waals surface area contributed by atoms with E-state index in [0.717, 1.165) is 29.0 Å². The zero-order chi connectivity index (χ0) is 32.7. The summed E-state index contributed by atoms with van der Waals surface area (Å²) in [6.07, 6.45) is -17.4. The van der Waals surface area contributed by atoms with Gasteiger partial charge >= 0.3 is 30.7 Å². The van der Waals surface area contributed by atoms with Crippen molar-refractivity contribution in [3.05, 3.63) is 64.2 Å². The Morgan fingerprint density at radius 2 is 1.40 bits per heavy atom. The number of amides is 2. The van der Waals surface area contributed by atoms with Crippen molar-refractivity contribution in [3.63, 3.8) is 0 Å². The summed E-state index contributed by atoms with van der Waals surface area (Å²) in [6.45, 7) is 5.50. The number of ether oxygens (including phenoxy) is 2. The fraction of sp³-hybridized carbons (Fsp3) is 0.500. The maximum absolute atomic E-state index is 13.8. The van der Waals surface area contributed by atoms with Crippen LogP contribution in [0.3, 0.4) is 0 Å². The number of carbonyl (C=O) groups excluding carboxylic acids is 2. The lowest BCUT2D eigenvalue weighted by molar-refractivity contribution is -0.143. The fourth-order valence-electron chi connectivity index (χ4n) is 4.83. The highest BCUT2D eigenvalue weighted by Gasteiger charge is 2.44. The van der Waals surface area contributed by atoms with Crippen LogP contribution in [0.2, 0.25) is 0 Å². The smallest absolute Gasteiger partial charge is 0.416 e. The van der Waals surface area contributed by atoms with Crippen LogP contribution in [0.4, 0.5) is 54.8 Å². The summed E-state index contributed by atoms with van der Waals surface area (Å²) < 4.78 is 133. The van der Waals surface area contributed by atoms with Crippen molar-refractivity contribution < 1.29 is 58.6 Å². The van der Waals surface area contributed by atoms with E-state index in [4.69, 9.17) is 9.47 Å². The van der Waals surface area contributed by atoms with Gasteiger partial charge in [0.1, 0.15) is 5.60 Å². The van der Waals surface area contributed by atoms with Gasteiger partial charge in [-0.2, -0.15) is 39.5 Å². The number of nitrogens with zero attached hydrogens (tertiary/aromatic N) is 2. The van der Waals surface area contributed by atoms with Gasteiger partial charge in [0.05, 0.1) is 35.5 Å². The van der Waals surface area contributed by atoms with E-state index in [1.807, 2.05) is 0 Å². The molecule has 0 bridgehead atoms. The number of carbonyl (C=O) groups is 2. The molecule has 6 nitrogen and oxygen atoms in total. The molecule has 3 rings (SSSR count). The van der Waals surface area contributed by atoms with Crippen LogP contribution in [0, 0.1) is 0 Å². The van der Waals surface area contributed by atoms with Gasteiger partial charge in [0.15, 0.2) is 0 Å². The van der Waals surface area contributed by atoms with Crippen LogP contribution in [-0.2, 0) is 34.5 Å². The highest BCUT2D eigenvalue weighted by molar-refractivity contribution is 5.91. The van der Waals surface area contributed by atoms with Crippen molar-refractivity contribution >= 4 is 17.9 Å². The molecular weight excluding hydrogens is 599 g/mol. The van der Waals surface area contributed by atoms with Crippen LogP contribution < -0.4 is 4.90 Å². The summed E-state index contributed by atoms with van der Waals surface area (Å²) in [5, 5.41) is 0. The van der Waals surface area contributed by atoms with Gasteiger partial charge in [-0.15, -0.1) is 0 Å². The molecule has 2 amide bonds. The number of hydrogen-bond acceptors (Lipinski definition) is 4. The third-order valence-corrected chi connectivity index (χ3v) is 6.68. The van der Waals surface area contributed by atoms with Gasteiger partial charge in [-0.05, 0) is 81.1 Å². The number of halogens is 9. The third kappa shape index (κ3) is 7.85. The summed E-state index contributed by atoms with van der Waals surface area (Å²) in [4.78, 5) is 28.1. The van der Waals surface area contributed by atoms with Crippen LogP contribution in [0.15, 0.2) is 36.4 Å². The number of fused-ring (bicyclic) bond motifs is 1. The number of hydrogen-bond donors (Lipinski definition) is 0. The quantitative estimate of drug-likeness (QED) is 0.317. The van der Waals surface area contributed by atoms with Crippen LogP contribution in [0.5, 0.6) is 0 Å². The first-order chi connectivity index (χ1) is 19.6. The minimum atomic E-state index is -5.17. The van der Waals surface area contributed by atoms with Gasteiger partial charge in [-0.3, -0.25) is 9.80 Å². The Labute approximate surface area is 241 Å². The molecule has 1 aliphatic rings. The molecule has 0 radical (unpaired) electrons. The summed E-state index contributed by atoms with van der Waals surface area (Å²) in [6, 6.07) is 1.04. The minimum absolute atomic E-state index is 0.0701. The molecule has 2 aromatic carbocycles.